The third-order valence-electron chi connectivity index (χ3n) is 5.29. The summed E-state index contributed by atoms with van der Waals surface area (Å²) in [4.78, 5) is 37.3. The van der Waals surface area contributed by atoms with Gasteiger partial charge in [0, 0.05) is 18.6 Å². The molecule has 0 amide bonds. The molecule has 10 nitrogen and oxygen atoms in total. The van der Waals surface area contributed by atoms with Crippen LogP contribution in [0.5, 0.6) is 23.1 Å². The Balaban J connectivity index is 1.45. The van der Waals surface area contributed by atoms with Crippen LogP contribution in [0, 0.1) is 6.92 Å². The highest BCUT2D eigenvalue weighted by Gasteiger charge is 2.16. The first-order valence-electron chi connectivity index (χ1n) is 11.6. The number of ether oxygens (including phenoxy) is 4. The third kappa shape index (κ3) is 6.16. The van der Waals surface area contributed by atoms with E-state index in [2.05, 4.69) is 5.16 Å². The van der Waals surface area contributed by atoms with Crippen LogP contribution < -0.4 is 19.6 Å². The number of fused-ring (bicyclic) bond motifs is 1. The van der Waals surface area contributed by atoms with Gasteiger partial charge >= 0.3 is 11.9 Å². The highest BCUT2D eigenvalue weighted by atomic mass is 16.5. The lowest BCUT2D eigenvalue weighted by molar-refractivity contribution is -0.134. The van der Waals surface area contributed by atoms with Crippen molar-refractivity contribution in [1.82, 2.24) is 5.16 Å². The van der Waals surface area contributed by atoms with E-state index < -0.39 is 11.9 Å². The van der Waals surface area contributed by atoms with Gasteiger partial charge in [0.15, 0.2) is 0 Å². The van der Waals surface area contributed by atoms with Crippen LogP contribution in [0.15, 0.2) is 62.3 Å². The topological polar surface area (TPSA) is 127 Å². The van der Waals surface area contributed by atoms with Gasteiger partial charge < -0.3 is 27.9 Å². The Morgan fingerprint density at radius 3 is 2.49 bits per heavy atom. The average Bonchev–Trinajstić information content (AvgIpc) is 3.37. The van der Waals surface area contributed by atoms with E-state index in [0.717, 1.165) is 6.42 Å². The van der Waals surface area contributed by atoms with Crippen molar-refractivity contribution in [3.05, 3.63) is 75.8 Å². The van der Waals surface area contributed by atoms with Crippen molar-refractivity contribution in [2.45, 2.75) is 33.1 Å². The van der Waals surface area contributed by atoms with Gasteiger partial charge in [0.25, 0.3) is 5.88 Å². The van der Waals surface area contributed by atoms with E-state index in [0.29, 0.717) is 36.0 Å². The molecule has 0 radical (unpaired) electrons. The number of aromatic nitrogens is 1. The summed E-state index contributed by atoms with van der Waals surface area (Å²) in [5, 5.41) is 3.94. The van der Waals surface area contributed by atoms with Gasteiger partial charge in [-0.2, -0.15) is 0 Å². The number of esters is 2. The molecule has 4 rings (SSSR count). The van der Waals surface area contributed by atoms with Crippen LogP contribution in [0.2, 0.25) is 0 Å². The molecule has 2 aromatic heterocycles. The van der Waals surface area contributed by atoms with Gasteiger partial charge in [0.1, 0.15) is 28.6 Å². The fraction of sp³-hybridized carbons (Fsp3) is 0.259. The second-order valence-electron chi connectivity index (χ2n) is 8.05. The van der Waals surface area contributed by atoms with E-state index in [-0.39, 0.29) is 40.1 Å². The highest BCUT2D eigenvalue weighted by Crippen LogP contribution is 2.28. The summed E-state index contributed by atoms with van der Waals surface area (Å²) in [5.74, 6) is 0.752. The number of carbonyl (C=O) groups excluding carboxylic acids is 2. The molecule has 0 aliphatic heterocycles. The van der Waals surface area contributed by atoms with Crippen molar-refractivity contribution in [2.24, 2.45) is 0 Å². The van der Waals surface area contributed by atoms with Gasteiger partial charge in [-0.15, -0.1) is 0 Å². The Morgan fingerprint density at radius 1 is 1.03 bits per heavy atom. The Bertz CT molecular complexity index is 1470. The second kappa shape index (κ2) is 11.4. The predicted molar refractivity (Wildman–Crippen MR) is 131 cm³/mol. The zero-order valence-electron chi connectivity index (χ0n) is 20.6. The summed E-state index contributed by atoms with van der Waals surface area (Å²) >= 11 is 0. The normalized spacial score (nSPS) is 10.8. The summed E-state index contributed by atoms with van der Waals surface area (Å²) in [6.07, 6.45) is 1.08. The molecule has 0 aliphatic rings. The van der Waals surface area contributed by atoms with Crippen LogP contribution in [0.4, 0.5) is 0 Å². The molecule has 10 heteroatoms. The number of carbonyl (C=O) groups is 2. The Kier molecular flexibility index (Phi) is 7.87. The molecule has 0 fully saturated rings. The minimum absolute atomic E-state index is 0.0149. The van der Waals surface area contributed by atoms with Crippen molar-refractivity contribution >= 4 is 22.9 Å². The molecule has 0 aliphatic carbocycles. The molecule has 192 valence electrons. The molecular formula is C27H25NO9. The molecule has 0 saturated heterocycles. The Hall–Kier alpha value is -4.60. The average molecular weight is 507 g/mol. The standard InChI is InChI=1S/C27H25NO9/c1-4-13-33-27(31)17-5-7-18(8-6-17)36-26-16(2)34-22-14-19(9-11-21(22)25(26)30)35-24(29)12-10-20-15-23(32-3)28-37-20/h5-9,11,14-15H,4,10,12-13H2,1-3H3. The molecule has 2 aromatic carbocycles. The molecule has 4 aromatic rings. The maximum Gasteiger partial charge on any atom is 0.338 e. The summed E-state index contributed by atoms with van der Waals surface area (Å²) in [7, 11) is 1.47. The minimum atomic E-state index is -0.490. The van der Waals surface area contributed by atoms with Gasteiger partial charge in [-0.25, -0.2) is 4.79 Å². The van der Waals surface area contributed by atoms with Gasteiger partial charge in [0.2, 0.25) is 11.2 Å². The second-order valence-corrected chi connectivity index (χ2v) is 8.05. The smallest absolute Gasteiger partial charge is 0.338 e. The number of hydrogen-bond donors (Lipinski definition) is 0. The fourth-order valence-corrected chi connectivity index (χ4v) is 3.42. The first-order chi connectivity index (χ1) is 17.9. The molecule has 0 N–H and O–H groups in total. The molecule has 0 spiro atoms. The van der Waals surface area contributed by atoms with E-state index in [1.807, 2.05) is 6.92 Å². The quantitative estimate of drug-likeness (QED) is 0.214. The first-order valence-corrected chi connectivity index (χ1v) is 11.6. The van der Waals surface area contributed by atoms with Crippen LogP contribution >= 0.6 is 0 Å². The highest BCUT2D eigenvalue weighted by molar-refractivity contribution is 5.89. The number of benzene rings is 2. The van der Waals surface area contributed by atoms with E-state index >= 15 is 0 Å². The minimum Gasteiger partial charge on any atom is -0.479 e. The largest absolute Gasteiger partial charge is 0.479 e. The molecule has 2 heterocycles. The number of rotatable bonds is 10. The van der Waals surface area contributed by atoms with Crippen LogP contribution in [0.3, 0.4) is 0 Å². The van der Waals surface area contributed by atoms with E-state index in [1.54, 1.807) is 37.3 Å². The van der Waals surface area contributed by atoms with Crippen molar-refractivity contribution in [1.29, 1.82) is 0 Å². The molecular weight excluding hydrogens is 482 g/mol. The van der Waals surface area contributed by atoms with Crippen LogP contribution in [0.25, 0.3) is 11.0 Å². The van der Waals surface area contributed by atoms with Crippen molar-refractivity contribution in [3.8, 4) is 23.1 Å². The number of nitrogens with zero attached hydrogens (tertiary/aromatic N) is 1. The molecule has 0 bridgehead atoms. The summed E-state index contributed by atoms with van der Waals surface area (Å²) in [5.41, 5.74) is 0.238. The monoisotopic (exact) mass is 507 g/mol. The number of hydrogen-bond acceptors (Lipinski definition) is 10. The Morgan fingerprint density at radius 2 is 1.78 bits per heavy atom. The molecule has 0 saturated carbocycles. The number of aryl methyl sites for hydroxylation is 2. The van der Waals surface area contributed by atoms with Gasteiger partial charge in [-0.3, -0.25) is 9.59 Å². The molecule has 0 unspecified atom stereocenters. The first kappa shape index (κ1) is 25.5. The predicted octanol–water partition coefficient (Wildman–Crippen LogP) is 5.00. The lowest BCUT2D eigenvalue weighted by atomic mass is 10.2. The molecule has 37 heavy (non-hydrogen) atoms. The van der Waals surface area contributed by atoms with Crippen molar-refractivity contribution in [3.63, 3.8) is 0 Å². The zero-order chi connectivity index (χ0) is 26.4. The van der Waals surface area contributed by atoms with E-state index in [1.165, 1.54) is 25.3 Å². The van der Waals surface area contributed by atoms with Crippen molar-refractivity contribution < 1.29 is 37.5 Å². The third-order valence-corrected chi connectivity index (χ3v) is 5.29. The van der Waals surface area contributed by atoms with Crippen molar-refractivity contribution in [2.75, 3.05) is 13.7 Å². The van der Waals surface area contributed by atoms with E-state index in [4.69, 9.17) is 27.9 Å². The number of methoxy groups -OCH3 is 1. The van der Waals surface area contributed by atoms with Gasteiger partial charge in [0.05, 0.1) is 31.1 Å². The summed E-state index contributed by atoms with van der Waals surface area (Å²) in [6.45, 7) is 3.85. The maximum atomic E-state index is 13.1. The molecule has 0 atom stereocenters. The fourth-order valence-electron chi connectivity index (χ4n) is 3.42. The lowest BCUT2D eigenvalue weighted by Gasteiger charge is -2.10. The van der Waals surface area contributed by atoms with E-state index in [9.17, 15) is 14.4 Å². The van der Waals surface area contributed by atoms with Crippen LogP contribution in [0.1, 0.15) is 41.6 Å². The van der Waals surface area contributed by atoms with Crippen LogP contribution in [-0.4, -0.2) is 30.8 Å². The summed E-state index contributed by atoms with van der Waals surface area (Å²) < 4.78 is 32.0. The maximum absolute atomic E-state index is 13.1. The summed E-state index contributed by atoms with van der Waals surface area (Å²) in [6, 6.07) is 12.3. The van der Waals surface area contributed by atoms with Crippen LogP contribution in [-0.2, 0) is 16.0 Å². The SMILES string of the molecule is CCCOC(=O)c1ccc(Oc2c(C)oc3cc(OC(=O)CCc4cc(OC)no4)ccc3c2=O)cc1. The Labute approximate surface area is 211 Å². The van der Waals surface area contributed by atoms with Gasteiger partial charge in [-0.1, -0.05) is 6.92 Å². The zero-order valence-corrected chi connectivity index (χ0v) is 20.6. The lowest BCUT2D eigenvalue weighted by Crippen LogP contribution is -2.10. The van der Waals surface area contributed by atoms with Gasteiger partial charge in [-0.05, 0) is 54.9 Å².